The van der Waals surface area contributed by atoms with Crippen LogP contribution in [0.25, 0.3) is 6.08 Å². The summed E-state index contributed by atoms with van der Waals surface area (Å²) in [5, 5.41) is 8.59. The van der Waals surface area contributed by atoms with Crippen molar-refractivity contribution in [3.8, 4) is 0 Å². The number of hydrogen-bond acceptors (Lipinski definition) is 2. The lowest BCUT2D eigenvalue weighted by Gasteiger charge is -2.16. The summed E-state index contributed by atoms with van der Waals surface area (Å²) in [6.45, 7) is 0.800. The van der Waals surface area contributed by atoms with Gasteiger partial charge in [-0.05, 0) is 42.5 Å². The standard InChI is InChI=1S/C15H17NO3/c1-16(10-12-5-6-12)15(19)13-4-2-3-11(9-13)7-8-14(17)18/h2-4,7-9,12H,5-6,10H2,1H3,(H,17,18). The number of aliphatic carboxylic acids is 1. The molecule has 1 aromatic carbocycles. The van der Waals surface area contributed by atoms with Gasteiger partial charge in [0.25, 0.3) is 5.91 Å². The number of carboxylic acid groups (broad SMARTS) is 1. The van der Waals surface area contributed by atoms with Crippen LogP contribution in [-0.2, 0) is 4.79 Å². The molecule has 2 rings (SSSR count). The molecule has 0 radical (unpaired) electrons. The van der Waals surface area contributed by atoms with Crippen molar-refractivity contribution in [3.05, 3.63) is 41.5 Å². The Morgan fingerprint density at radius 1 is 1.42 bits per heavy atom. The van der Waals surface area contributed by atoms with Crippen molar-refractivity contribution in [1.29, 1.82) is 0 Å². The van der Waals surface area contributed by atoms with Gasteiger partial charge in [-0.25, -0.2) is 4.79 Å². The maximum atomic E-state index is 12.2. The zero-order chi connectivity index (χ0) is 13.8. The van der Waals surface area contributed by atoms with E-state index >= 15 is 0 Å². The molecular weight excluding hydrogens is 242 g/mol. The largest absolute Gasteiger partial charge is 0.478 e. The molecule has 4 nitrogen and oxygen atoms in total. The first-order valence-corrected chi connectivity index (χ1v) is 6.33. The van der Waals surface area contributed by atoms with Crippen molar-refractivity contribution in [1.82, 2.24) is 4.90 Å². The summed E-state index contributed by atoms with van der Waals surface area (Å²) >= 11 is 0. The van der Waals surface area contributed by atoms with Gasteiger partial charge in [0.05, 0.1) is 0 Å². The van der Waals surface area contributed by atoms with Gasteiger partial charge in [0.15, 0.2) is 0 Å². The molecule has 1 aliphatic rings. The molecule has 19 heavy (non-hydrogen) atoms. The van der Waals surface area contributed by atoms with Gasteiger partial charge in [0, 0.05) is 25.2 Å². The Kier molecular flexibility index (Phi) is 4.00. The van der Waals surface area contributed by atoms with Crippen LogP contribution in [0.15, 0.2) is 30.3 Å². The lowest BCUT2D eigenvalue weighted by atomic mass is 10.1. The third kappa shape index (κ3) is 3.95. The summed E-state index contributed by atoms with van der Waals surface area (Å²) in [6.07, 6.45) is 4.97. The molecule has 0 spiro atoms. The number of nitrogens with zero attached hydrogens (tertiary/aromatic N) is 1. The van der Waals surface area contributed by atoms with Crippen LogP contribution in [-0.4, -0.2) is 35.5 Å². The highest BCUT2D eigenvalue weighted by Crippen LogP contribution is 2.29. The monoisotopic (exact) mass is 259 g/mol. The van der Waals surface area contributed by atoms with E-state index in [0.29, 0.717) is 17.0 Å². The summed E-state index contributed by atoms with van der Waals surface area (Å²) in [5.74, 6) is -0.357. The second kappa shape index (κ2) is 5.69. The fourth-order valence-electron chi connectivity index (χ4n) is 1.93. The van der Waals surface area contributed by atoms with E-state index in [0.717, 1.165) is 12.6 Å². The first-order valence-electron chi connectivity index (χ1n) is 6.33. The Balaban J connectivity index is 2.08. The van der Waals surface area contributed by atoms with E-state index in [1.54, 1.807) is 36.2 Å². The Hall–Kier alpha value is -2.10. The van der Waals surface area contributed by atoms with Crippen LogP contribution in [0.5, 0.6) is 0 Å². The van der Waals surface area contributed by atoms with Crippen molar-refractivity contribution in [2.45, 2.75) is 12.8 Å². The maximum Gasteiger partial charge on any atom is 0.328 e. The molecule has 1 saturated carbocycles. The topological polar surface area (TPSA) is 57.6 Å². The number of hydrogen-bond donors (Lipinski definition) is 1. The fraction of sp³-hybridized carbons (Fsp3) is 0.333. The predicted molar refractivity (Wildman–Crippen MR) is 72.8 cm³/mol. The molecule has 1 aliphatic carbocycles. The normalized spacial score (nSPS) is 14.6. The summed E-state index contributed by atoms with van der Waals surface area (Å²) in [4.78, 5) is 24.4. The van der Waals surface area contributed by atoms with Gasteiger partial charge >= 0.3 is 5.97 Å². The van der Waals surface area contributed by atoms with Crippen LogP contribution in [0.4, 0.5) is 0 Å². The van der Waals surface area contributed by atoms with Crippen molar-refractivity contribution < 1.29 is 14.7 Å². The maximum absolute atomic E-state index is 12.2. The Morgan fingerprint density at radius 3 is 2.79 bits per heavy atom. The average Bonchev–Trinajstić information content (AvgIpc) is 3.19. The van der Waals surface area contributed by atoms with Crippen LogP contribution in [0.1, 0.15) is 28.8 Å². The molecule has 1 aromatic rings. The first-order chi connectivity index (χ1) is 9.06. The molecule has 1 N–H and O–H groups in total. The Morgan fingerprint density at radius 2 is 2.16 bits per heavy atom. The highest BCUT2D eigenvalue weighted by atomic mass is 16.4. The van der Waals surface area contributed by atoms with Crippen LogP contribution >= 0.6 is 0 Å². The molecule has 0 atom stereocenters. The number of carboxylic acids is 1. The first kappa shape index (κ1) is 13.3. The lowest BCUT2D eigenvalue weighted by Crippen LogP contribution is -2.28. The Bertz CT molecular complexity index is 518. The number of carbonyl (C=O) groups is 2. The number of amides is 1. The molecule has 0 saturated heterocycles. The van der Waals surface area contributed by atoms with Gasteiger partial charge < -0.3 is 10.0 Å². The molecule has 0 bridgehead atoms. The van der Waals surface area contributed by atoms with E-state index in [4.69, 9.17) is 5.11 Å². The summed E-state index contributed by atoms with van der Waals surface area (Å²) in [6, 6.07) is 7.01. The Labute approximate surface area is 112 Å². The minimum atomic E-state index is -0.998. The van der Waals surface area contributed by atoms with E-state index in [1.165, 1.54) is 18.9 Å². The minimum absolute atomic E-state index is 0.0162. The van der Waals surface area contributed by atoms with Gasteiger partial charge in [-0.3, -0.25) is 4.79 Å². The summed E-state index contributed by atoms with van der Waals surface area (Å²) < 4.78 is 0. The zero-order valence-corrected chi connectivity index (χ0v) is 10.9. The van der Waals surface area contributed by atoms with Gasteiger partial charge in [0.2, 0.25) is 0 Å². The number of rotatable bonds is 5. The average molecular weight is 259 g/mol. The third-order valence-corrected chi connectivity index (χ3v) is 3.13. The molecule has 0 aromatic heterocycles. The highest BCUT2D eigenvalue weighted by molar-refractivity contribution is 5.95. The van der Waals surface area contributed by atoms with Crippen molar-refractivity contribution in [2.24, 2.45) is 5.92 Å². The van der Waals surface area contributed by atoms with Crippen LogP contribution in [0, 0.1) is 5.92 Å². The molecule has 1 fully saturated rings. The van der Waals surface area contributed by atoms with Crippen LogP contribution < -0.4 is 0 Å². The molecule has 0 unspecified atom stereocenters. The van der Waals surface area contributed by atoms with Gasteiger partial charge in [-0.15, -0.1) is 0 Å². The smallest absolute Gasteiger partial charge is 0.328 e. The van der Waals surface area contributed by atoms with E-state index in [9.17, 15) is 9.59 Å². The number of carbonyl (C=O) groups excluding carboxylic acids is 1. The molecule has 1 amide bonds. The molecular formula is C15H17NO3. The van der Waals surface area contributed by atoms with E-state index < -0.39 is 5.97 Å². The van der Waals surface area contributed by atoms with E-state index in [2.05, 4.69) is 0 Å². The second-order valence-electron chi connectivity index (χ2n) is 4.93. The summed E-state index contributed by atoms with van der Waals surface area (Å²) in [5.41, 5.74) is 1.31. The fourth-order valence-corrected chi connectivity index (χ4v) is 1.93. The zero-order valence-electron chi connectivity index (χ0n) is 10.9. The SMILES string of the molecule is CN(CC1CC1)C(=O)c1cccc(C=CC(=O)O)c1. The van der Waals surface area contributed by atoms with E-state index in [-0.39, 0.29) is 5.91 Å². The lowest BCUT2D eigenvalue weighted by molar-refractivity contribution is -0.131. The predicted octanol–water partition coefficient (Wildman–Crippen LogP) is 2.27. The molecule has 0 aliphatic heterocycles. The molecule has 0 heterocycles. The van der Waals surface area contributed by atoms with Gasteiger partial charge in [0.1, 0.15) is 0 Å². The van der Waals surface area contributed by atoms with Crippen LogP contribution in [0.3, 0.4) is 0 Å². The molecule has 100 valence electrons. The second-order valence-corrected chi connectivity index (χ2v) is 4.93. The van der Waals surface area contributed by atoms with E-state index in [1.807, 2.05) is 0 Å². The molecule has 4 heteroatoms. The number of benzene rings is 1. The van der Waals surface area contributed by atoms with Crippen molar-refractivity contribution in [3.63, 3.8) is 0 Å². The highest BCUT2D eigenvalue weighted by Gasteiger charge is 2.25. The van der Waals surface area contributed by atoms with Crippen molar-refractivity contribution >= 4 is 18.0 Å². The summed E-state index contributed by atoms with van der Waals surface area (Å²) in [7, 11) is 1.81. The quantitative estimate of drug-likeness (QED) is 0.825. The minimum Gasteiger partial charge on any atom is -0.478 e. The van der Waals surface area contributed by atoms with Crippen LogP contribution in [0.2, 0.25) is 0 Å². The van der Waals surface area contributed by atoms with Gasteiger partial charge in [-0.2, -0.15) is 0 Å². The van der Waals surface area contributed by atoms with Crippen molar-refractivity contribution in [2.75, 3.05) is 13.6 Å². The third-order valence-electron chi connectivity index (χ3n) is 3.13. The van der Waals surface area contributed by atoms with Gasteiger partial charge in [-0.1, -0.05) is 12.1 Å².